The number of para-hydroxylation sites is 1. The van der Waals surface area contributed by atoms with Gasteiger partial charge in [-0.15, -0.1) is 0 Å². The number of rotatable bonds is 7. The van der Waals surface area contributed by atoms with Crippen LogP contribution in [0.5, 0.6) is 5.75 Å². The number of carbonyl (C=O) groups excluding carboxylic acids is 1. The number of hydrogen-bond acceptors (Lipinski definition) is 4. The predicted molar refractivity (Wildman–Crippen MR) is 102 cm³/mol. The molecule has 0 fully saturated rings. The number of ether oxygens (including phenoxy) is 1. The van der Waals surface area contributed by atoms with Crippen LogP contribution in [0.25, 0.3) is 0 Å². The van der Waals surface area contributed by atoms with Gasteiger partial charge < -0.3 is 10.1 Å². The van der Waals surface area contributed by atoms with E-state index in [2.05, 4.69) is 5.32 Å². The molecule has 0 heterocycles. The first-order valence-corrected chi connectivity index (χ1v) is 10.4. The summed E-state index contributed by atoms with van der Waals surface area (Å²) in [6, 6.07) is 13.9. The van der Waals surface area contributed by atoms with E-state index in [-0.39, 0.29) is 16.8 Å². The van der Waals surface area contributed by atoms with Gasteiger partial charge in [0, 0.05) is 6.26 Å². The summed E-state index contributed by atoms with van der Waals surface area (Å²) in [4.78, 5) is 12.8. The van der Waals surface area contributed by atoms with Crippen molar-refractivity contribution in [2.45, 2.75) is 44.2 Å². The SMILES string of the molecule is CC[C@H](NC(=O)[C@H](C)Oc1ccccc1C)c1ccc(S(C)(=O)=O)cc1. The summed E-state index contributed by atoms with van der Waals surface area (Å²) in [5.41, 5.74) is 1.83. The minimum absolute atomic E-state index is 0.209. The Kier molecular flexibility index (Phi) is 6.42. The van der Waals surface area contributed by atoms with Crippen molar-refractivity contribution in [3.8, 4) is 5.75 Å². The molecule has 0 radical (unpaired) electrons. The lowest BCUT2D eigenvalue weighted by Gasteiger charge is -2.21. The quantitative estimate of drug-likeness (QED) is 0.805. The second kappa shape index (κ2) is 8.36. The second-order valence-corrected chi connectivity index (χ2v) is 8.35. The Morgan fingerprint density at radius 1 is 1.12 bits per heavy atom. The molecule has 2 aromatic rings. The van der Waals surface area contributed by atoms with Crippen LogP contribution >= 0.6 is 0 Å². The van der Waals surface area contributed by atoms with Crippen LogP contribution in [-0.4, -0.2) is 26.7 Å². The van der Waals surface area contributed by atoms with Crippen molar-refractivity contribution in [3.63, 3.8) is 0 Å². The molecule has 0 aliphatic carbocycles. The van der Waals surface area contributed by atoms with E-state index >= 15 is 0 Å². The molecule has 0 saturated heterocycles. The molecular weight excluding hydrogens is 350 g/mol. The molecule has 2 aromatic carbocycles. The zero-order chi connectivity index (χ0) is 19.3. The van der Waals surface area contributed by atoms with Crippen molar-refractivity contribution in [1.29, 1.82) is 0 Å². The van der Waals surface area contributed by atoms with E-state index in [1.165, 1.54) is 6.26 Å². The third kappa shape index (κ3) is 5.08. The molecule has 0 spiro atoms. The van der Waals surface area contributed by atoms with E-state index in [1.807, 2.05) is 38.1 Å². The first kappa shape index (κ1) is 20.0. The zero-order valence-electron chi connectivity index (χ0n) is 15.5. The Labute approximate surface area is 155 Å². The standard InChI is InChI=1S/C20H25NO4S/c1-5-18(16-10-12-17(13-11-16)26(4,23)24)21-20(22)15(3)25-19-9-7-6-8-14(19)2/h6-13,15,18H,5H2,1-4H3,(H,21,22)/t15-,18-/m0/s1. The van der Waals surface area contributed by atoms with E-state index in [0.29, 0.717) is 12.2 Å². The highest BCUT2D eigenvalue weighted by Gasteiger charge is 2.20. The summed E-state index contributed by atoms with van der Waals surface area (Å²) >= 11 is 0. The summed E-state index contributed by atoms with van der Waals surface area (Å²) in [6.07, 6.45) is 1.22. The van der Waals surface area contributed by atoms with Gasteiger partial charge in [-0.1, -0.05) is 37.3 Å². The number of nitrogens with one attached hydrogen (secondary N) is 1. The van der Waals surface area contributed by atoms with Gasteiger partial charge in [-0.3, -0.25) is 4.79 Å². The lowest BCUT2D eigenvalue weighted by Crippen LogP contribution is -2.38. The van der Waals surface area contributed by atoms with Crippen molar-refractivity contribution in [3.05, 3.63) is 59.7 Å². The maximum Gasteiger partial charge on any atom is 0.261 e. The van der Waals surface area contributed by atoms with Crippen molar-refractivity contribution in [2.75, 3.05) is 6.26 Å². The average molecular weight is 375 g/mol. The van der Waals surface area contributed by atoms with Crippen LogP contribution in [0.15, 0.2) is 53.4 Å². The van der Waals surface area contributed by atoms with Crippen LogP contribution in [0.4, 0.5) is 0 Å². The molecule has 2 rings (SSSR count). The summed E-state index contributed by atoms with van der Waals surface area (Å²) in [5.74, 6) is 0.466. The fourth-order valence-corrected chi connectivity index (χ4v) is 3.22. The molecule has 0 bridgehead atoms. The molecule has 0 aliphatic heterocycles. The number of aryl methyl sites for hydroxylation is 1. The summed E-state index contributed by atoms with van der Waals surface area (Å²) in [5, 5.41) is 2.97. The highest BCUT2D eigenvalue weighted by molar-refractivity contribution is 7.90. The Bertz CT molecular complexity index is 860. The maximum atomic E-state index is 12.5. The molecule has 0 saturated carbocycles. The number of carbonyl (C=O) groups is 1. The van der Waals surface area contributed by atoms with Crippen LogP contribution in [0.2, 0.25) is 0 Å². The molecule has 1 N–H and O–H groups in total. The highest BCUT2D eigenvalue weighted by atomic mass is 32.2. The first-order valence-electron chi connectivity index (χ1n) is 8.55. The van der Waals surface area contributed by atoms with Crippen LogP contribution < -0.4 is 10.1 Å². The lowest BCUT2D eigenvalue weighted by atomic mass is 10.0. The third-order valence-electron chi connectivity index (χ3n) is 4.20. The normalized spacial score (nSPS) is 13.7. The van der Waals surface area contributed by atoms with Gasteiger partial charge in [0.25, 0.3) is 5.91 Å². The Morgan fingerprint density at radius 3 is 2.27 bits per heavy atom. The monoisotopic (exact) mass is 375 g/mol. The van der Waals surface area contributed by atoms with Gasteiger partial charge in [0.15, 0.2) is 15.9 Å². The van der Waals surface area contributed by atoms with Crippen molar-refractivity contribution >= 4 is 15.7 Å². The second-order valence-electron chi connectivity index (χ2n) is 6.34. The third-order valence-corrected chi connectivity index (χ3v) is 5.33. The van der Waals surface area contributed by atoms with Gasteiger partial charge in [-0.05, 0) is 49.6 Å². The van der Waals surface area contributed by atoms with E-state index in [9.17, 15) is 13.2 Å². The Hall–Kier alpha value is -2.34. The van der Waals surface area contributed by atoms with Gasteiger partial charge >= 0.3 is 0 Å². The molecule has 140 valence electrons. The largest absolute Gasteiger partial charge is 0.481 e. The molecule has 0 unspecified atom stereocenters. The summed E-state index contributed by atoms with van der Waals surface area (Å²) < 4.78 is 28.9. The smallest absolute Gasteiger partial charge is 0.261 e. The topological polar surface area (TPSA) is 72.5 Å². The molecule has 2 atom stereocenters. The summed E-state index contributed by atoms with van der Waals surface area (Å²) in [7, 11) is -3.23. The van der Waals surface area contributed by atoms with Crippen LogP contribution in [0.1, 0.15) is 37.4 Å². The minimum atomic E-state index is -3.23. The van der Waals surface area contributed by atoms with E-state index in [0.717, 1.165) is 11.1 Å². The van der Waals surface area contributed by atoms with Crippen molar-refractivity contribution in [1.82, 2.24) is 5.32 Å². The van der Waals surface area contributed by atoms with Crippen molar-refractivity contribution < 1.29 is 17.9 Å². The van der Waals surface area contributed by atoms with Gasteiger partial charge in [0.1, 0.15) is 5.75 Å². The van der Waals surface area contributed by atoms with Gasteiger partial charge in [-0.25, -0.2) is 8.42 Å². The molecule has 26 heavy (non-hydrogen) atoms. The fourth-order valence-electron chi connectivity index (χ4n) is 2.59. The molecule has 5 nitrogen and oxygen atoms in total. The first-order chi connectivity index (χ1) is 12.2. The Balaban J connectivity index is 2.06. The molecule has 6 heteroatoms. The Morgan fingerprint density at radius 2 is 1.73 bits per heavy atom. The van der Waals surface area contributed by atoms with Crippen LogP contribution in [-0.2, 0) is 14.6 Å². The molecule has 0 aliphatic rings. The van der Waals surface area contributed by atoms with E-state index in [1.54, 1.807) is 31.2 Å². The maximum absolute atomic E-state index is 12.5. The van der Waals surface area contributed by atoms with Crippen molar-refractivity contribution in [2.24, 2.45) is 0 Å². The number of amides is 1. The number of sulfone groups is 1. The summed E-state index contributed by atoms with van der Waals surface area (Å²) in [6.45, 7) is 5.60. The van der Waals surface area contributed by atoms with E-state index in [4.69, 9.17) is 4.74 Å². The number of hydrogen-bond donors (Lipinski definition) is 1. The predicted octanol–water partition coefficient (Wildman–Crippen LogP) is 3.43. The molecule has 1 amide bonds. The van der Waals surface area contributed by atoms with Crippen LogP contribution in [0, 0.1) is 6.92 Å². The zero-order valence-corrected chi connectivity index (χ0v) is 16.3. The van der Waals surface area contributed by atoms with Gasteiger partial charge in [0.2, 0.25) is 0 Å². The lowest BCUT2D eigenvalue weighted by molar-refractivity contribution is -0.128. The molecule has 0 aromatic heterocycles. The highest BCUT2D eigenvalue weighted by Crippen LogP contribution is 2.21. The minimum Gasteiger partial charge on any atom is -0.481 e. The molecular formula is C20H25NO4S. The fraction of sp³-hybridized carbons (Fsp3) is 0.350. The number of benzene rings is 2. The van der Waals surface area contributed by atoms with Crippen LogP contribution in [0.3, 0.4) is 0 Å². The average Bonchev–Trinajstić information content (AvgIpc) is 2.60. The van der Waals surface area contributed by atoms with Gasteiger partial charge in [-0.2, -0.15) is 0 Å². The van der Waals surface area contributed by atoms with Gasteiger partial charge in [0.05, 0.1) is 10.9 Å². The van der Waals surface area contributed by atoms with E-state index < -0.39 is 15.9 Å².